The second-order valence-electron chi connectivity index (χ2n) is 6.36. The molecule has 0 aliphatic rings. The number of hydrogen-bond acceptors (Lipinski definition) is 3. The van der Waals surface area contributed by atoms with Crippen LogP contribution >= 0.6 is 0 Å². The van der Waals surface area contributed by atoms with E-state index in [9.17, 15) is 9.59 Å². The van der Waals surface area contributed by atoms with Gasteiger partial charge in [-0.3, -0.25) is 9.59 Å². The molecule has 0 bridgehead atoms. The number of nitrogens with zero attached hydrogens (tertiary/aromatic N) is 1. The largest absolute Gasteiger partial charge is 0.348 e. The number of hydrogen-bond donors (Lipinski definition) is 2. The summed E-state index contributed by atoms with van der Waals surface area (Å²) >= 11 is 0. The third kappa shape index (κ3) is 4.63. The van der Waals surface area contributed by atoms with Gasteiger partial charge in [-0.1, -0.05) is 48.0 Å². The number of benzene rings is 3. The van der Waals surface area contributed by atoms with Crippen LogP contribution in [-0.2, 0) is 6.54 Å². The Morgan fingerprint density at radius 3 is 2.29 bits per heavy atom. The topological polar surface area (TPSA) is 82.0 Å². The molecule has 138 valence electrons. The maximum Gasteiger partial charge on any atom is 0.255 e. The number of nitrogens with one attached hydrogen (secondary N) is 2. The van der Waals surface area contributed by atoms with Gasteiger partial charge in [-0.25, -0.2) is 0 Å². The molecule has 3 rings (SSSR count). The minimum Gasteiger partial charge on any atom is -0.348 e. The molecule has 0 spiro atoms. The normalized spacial score (nSPS) is 10.0. The van der Waals surface area contributed by atoms with E-state index in [1.807, 2.05) is 37.3 Å². The Morgan fingerprint density at radius 1 is 0.893 bits per heavy atom. The van der Waals surface area contributed by atoms with Crippen molar-refractivity contribution in [1.29, 1.82) is 5.26 Å². The minimum atomic E-state index is -0.379. The summed E-state index contributed by atoms with van der Waals surface area (Å²) in [6.45, 7) is 2.42. The molecule has 5 heteroatoms. The standard InChI is InChI=1S/C23H19N3O2/c1-16-9-11-17(12-10-16)15-25-22(27)18-6-4-7-19(13-18)23(28)26-21-8-3-2-5-20(21)14-24/h2-13H,15H2,1H3,(H,25,27)(H,26,28). The van der Waals surface area contributed by atoms with Crippen LogP contribution in [0.4, 0.5) is 5.69 Å². The summed E-state index contributed by atoms with van der Waals surface area (Å²) in [6, 6.07) is 23.2. The van der Waals surface area contributed by atoms with E-state index in [1.165, 1.54) is 6.07 Å². The lowest BCUT2D eigenvalue weighted by Gasteiger charge is -2.09. The number of rotatable bonds is 5. The molecule has 0 saturated heterocycles. The number of carbonyl (C=O) groups excluding carboxylic acids is 2. The Hall–Kier alpha value is -3.91. The highest BCUT2D eigenvalue weighted by Crippen LogP contribution is 2.15. The number of nitriles is 1. The molecule has 3 aromatic rings. The van der Waals surface area contributed by atoms with E-state index in [1.54, 1.807) is 42.5 Å². The molecule has 0 aliphatic heterocycles. The molecule has 0 unspecified atom stereocenters. The first kappa shape index (κ1) is 18.9. The van der Waals surface area contributed by atoms with Gasteiger partial charge in [0.05, 0.1) is 11.3 Å². The van der Waals surface area contributed by atoms with E-state index in [0.717, 1.165) is 11.1 Å². The molecule has 5 nitrogen and oxygen atoms in total. The third-order valence-electron chi connectivity index (χ3n) is 4.26. The summed E-state index contributed by atoms with van der Waals surface area (Å²) in [5.74, 6) is -0.636. The fourth-order valence-corrected chi connectivity index (χ4v) is 2.68. The van der Waals surface area contributed by atoms with Crippen molar-refractivity contribution in [3.63, 3.8) is 0 Å². The summed E-state index contributed by atoms with van der Waals surface area (Å²) in [7, 11) is 0. The highest BCUT2D eigenvalue weighted by Gasteiger charge is 2.12. The third-order valence-corrected chi connectivity index (χ3v) is 4.26. The highest BCUT2D eigenvalue weighted by atomic mass is 16.2. The van der Waals surface area contributed by atoms with E-state index < -0.39 is 0 Å². The first-order chi connectivity index (χ1) is 13.6. The molecule has 28 heavy (non-hydrogen) atoms. The van der Waals surface area contributed by atoms with Gasteiger partial charge in [0.15, 0.2) is 0 Å². The maximum atomic E-state index is 12.5. The highest BCUT2D eigenvalue weighted by molar-refractivity contribution is 6.06. The van der Waals surface area contributed by atoms with Crippen molar-refractivity contribution < 1.29 is 9.59 Å². The van der Waals surface area contributed by atoms with Crippen LogP contribution in [-0.4, -0.2) is 11.8 Å². The van der Waals surface area contributed by atoms with Crippen LogP contribution in [0.1, 0.15) is 37.4 Å². The molecule has 0 fully saturated rings. The zero-order valence-electron chi connectivity index (χ0n) is 15.4. The first-order valence-electron chi connectivity index (χ1n) is 8.81. The number of amides is 2. The van der Waals surface area contributed by atoms with Crippen LogP contribution in [0.5, 0.6) is 0 Å². The molecular formula is C23H19N3O2. The summed E-state index contributed by atoms with van der Waals surface area (Å²) in [4.78, 5) is 24.9. The molecular weight excluding hydrogens is 350 g/mol. The average Bonchev–Trinajstić information content (AvgIpc) is 2.73. The van der Waals surface area contributed by atoms with Crippen molar-refractivity contribution in [2.24, 2.45) is 0 Å². The van der Waals surface area contributed by atoms with E-state index in [2.05, 4.69) is 10.6 Å². The first-order valence-corrected chi connectivity index (χ1v) is 8.81. The smallest absolute Gasteiger partial charge is 0.255 e. The number of aryl methyl sites for hydroxylation is 1. The number of anilines is 1. The van der Waals surface area contributed by atoms with Crippen LogP contribution in [0.2, 0.25) is 0 Å². The van der Waals surface area contributed by atoms with Gasteiger partial charge in [-0.05, 0) is 42.8 Å². The van der Waals surface area contributed by atoms with E-state index in [-0.39, 0.29) is 11.8 Å². The molecule has 0 aliphatic carbocycles. The average molecular weight is 369 g/mol. The Balaban J connectivity index is 1.69. The summed E-state index contributed by atoms with van der Waals surface area (Å²) in [5, 5.41) is 14.7. The minimum absolute atomic E-state index is 0.257. The molecule has 2 amide bonds. The van der Waals surface area contributed by atoms with Crippen LogP contribution < -0.4 is 10.6 Å². The van der Waals surface area contributed by atoms with Gasteiger partial charge >= 0.3 is 0 Å². The SMILES string of the molecule is Cc1ccc(CNC(=O)c2cccc(C(=O)Nc3ccccc3C#N)c2)cc1. The molecule has 0 aromatic heterocycles. The Labute approximate surface area is 163 Å². The molecule has 0 heterocycles. The van der Waals surface area contributed by atoms with Gasteiger partial charge in [-0.2, -0.15) is 5.26 Å². The molecule has 0 saturated carbocycles. The van der Waals surface area contributed by atoms with Crippen molar-refractivity contribution in [2.75, 3.05) is 5.32 Å². The van der Waals surface area contributed by atoms with Gasteiger partial charge in [0.1, 0.15) is 6.07 Å². The fraction of sp³-hybridized carbons (Fsp3) is 0.0870. The van der Waals surface area contributed by atoms with Crippen molar-refractivity contribution in [3.05, 3.63) is 101 Å². The summed E-state index contributed by atoms with van der Waals surface area (Å²) in [5.41, 5.74) is 3.71. The van der Waals surface area contributed by atoms with Crippen molar-refractivity contribution in [3.8, 4) is 6.07 Å². The van der Waals surface area contributed by atoms with Gasteiger partial charge < -0.3 is 10.6 Å². The lowest BCUT2D eigenvalue weighted by molar-refractivity contribution is 0.0951. The quantitative estimate of drug-likeness (QED) is 0.712. The van der Waals surface area contributed by atoms with E-state index in [4.69, 9.17) is 5.26 Å². The predicted molar refractivity (Wildman–Crippen MR) is 108 cm³/mol. The van der Waals surface area contributed by atoms with Crippen molar-refractivity contribution in [1.82, 2.24) is 5.32 Å². The predicted octanol–water partition coefficient (Wildman–Crippen LogP) is 4.05. The van der Waals surface area contributed by atoms with Gasteiger partial charge in [-0.15, -0.1) is 0 Å². The maximum absolute atomic E-state index is 12.5. The molecule has 3 aromatic carbocycles. The van der Waals surface area contributed by atoms with E-state index >= 15 is 0 Å². The van der Waals surface area contributed by atoms with Gasteiger partial charge in [0, 0.05) is 17.7 Å². The summed E-state index contributed by atoms with van der Waals surface area (Å²) in [6.07, 6.45) is 0. The lowest BCUT2D eigenvalue weighted by atomic mass is 10.1. The number of para-hydroxylation sites is 1. The van der Waals surface area contributed by atoms with Crippen LogP contribution in [0, 0.1) is 18.3 Å². The second-order valence-corrected chi connectivity index (χ2v) is 6.36. The Bertz CT molecular complexity index is 1050. The summed E-state index contributed by atoms with van der Waals surface area (Å²) < 4.78 is 0. The zero-order valence-corrected chi connectivity index (χ0v) is 15.4. The van der Waals surface area contributed by atoms with Crippen LogP contribution in [0.25, 0.3) is 0 Å². The Kier molecular flexibility index (Phi) is 5.83. The van der Waals surface area contributed by atoms with Crippen LogP contribution in [0.15, 0.2) is 72.8 Å². The molecule has 0 radical (unpaired) electrons. The number of carbonyl (C=O) groups is 2. The monoisotopic (exact) mass is 369 g/mol. The zero-order chi connectivity index (χ0) is 19.9. The Morgan fingerprint density at radius 2 is 1.57 bits per heavy atom. The van der Waals surface area contributed by atoms with Crippen molar-refractivity contribution >= 4 is 17.5 Å². The molecule has 0 atom stereocenters. The fourth-order valence-electron chi connectivity index (χ4n) is 2.68. The van der Waals surface area contributed by atoms with Crippen LogP contribution in [0.3, 0.4) is 0 Å². The lowest BCUT2D eigenvalue weighted by Crippen LogP contribution is -2.23. The van der Waals surface area contributed by atoms with Gasteiger partial charge in [0.2, 0.25) is 0 Å². The molecule has 2 N–H and O–H groups in total. The van der Waals surface area contributed by atoms with Gasteiger partial charge in [0.25, 0.3) is 11.8 Å². The van der Waals surface area contributed by atoms with E-state index in [0.29, 0.717) is 28.9 Å². The second kappa shape index (κ2) is 8.65. The van der Waals surface area contributed by atoms with Crippen molar-refractivity contribution in [2.45, 2.75) is 13.5 Å².